The molecule has 1 aromatic rings. The summed E-state index contributed by atoms with van der Waals surface area (Å²) in [6.45, 7) is 1.17. The van der Waals surface area contributed by atoms with Crippen molar-refractivity contribution in [3.05, 3.63) is 23.3 Å². The van der Waals surface area contributed by atoms with Crippen LogP contribution in [0.15, 0.2) is 12.1 Å². The number of nitrogens with zero attached hydrogens (tertiary/aromatic N) is 1. The zero-order valence-corrected chi connectivity index (χ0v) is 13.6. The lowest BCUT2D eigenvalue weighted by atomic mass is 9.79. The first-order valence-corrected chi connectivity index (χ1v) is 7.81. The van der Waals surface area contributed by atoms with E-state index in [-0.39, 0.29) is 42.4 Å². The van der Waals surface area contributed by atoms with E-state index in [1.165, 1.54) is 13.2 Å². The van der Waals surface area contributed by atoms with Crippen LogP contribution in [0.1, 0.15) is 56.1 Å². The van der Waals surface area contributed by atoms with E-state index in [1.54, 1.807) is 13.8 Å². The van der Waals surface area contributed by atoms with Gasteiger partial charge in [-0.2, -0.15) is 0 Å². The van der Waals surface area contributed by atoms with E-state index >= 15 is 0 Å². The van der Waals surface area contributed by atoms with Crippen LogP contribution in [0.25, 0.3) is 0 Å². The molecule has 0 saturated carbocycles. The van der Waals surface area contributed by atoms with E-state index in [2.05, 4.69) is 0 Å². The van der Waals surface area contributed by atoms with Crippen LogP contribution in [-0.2, 0) is 6.42 Å². The van der Waals surface area contributed by atoms with Crippen molar-refractivity contribution in [3.8, 4) is 11.5 Å². The Morgan fingerprint density at radius 1 is 1.43 bits per heavy atom. The van der Waals surface area contributed by atoms with Gasteiger partial charge in [-0.15, -0.1) is 0 Å². The SMILES string of the molecule is [2H]C([2H])([2H])Oc1cc2c(cc1OC)CCN1C([2H])([2H])C(CC(C)C)C([2H])(O)C([2H])([2H])C21[2H]. The van der Waals surface area contributed by atoms with E-state index in [9.17, 15) is 6.48 Å². The molecule has 2 heterocycles. The normalized spacial score (nSPS) is 44.6. The van der Waals surface area contributed by atoms with Gasteiger partial charge in [-0.25, -0.2) is 0 Å². The topological polar surface area (TPSA) is 41.9 Å². The Labute approximate surface area is 152 Å². The molecule has 1 fully saturated rings. The number of hydrogen-bond acceptors (Lipinski definition) is 4. The maximum Gasteiger partial charge on any atom is 0.161 e. The molecule has 128 valence electrons. The fourth-order valence-electron chi connectivity index (χ4n) is 3.12. The molecular weight excluding hydrogens is 290 g/mol. The lowest BCUT2D eigenvalue weighted by Gasteiger charge is -2.46. The number of rotatable bonds is 4. The van der Waals surface area contributed by atoms with Crippen molar-refractivity contribution in [2.75, 3.05) is 27.2 Å². The molecule has 1 N–H and O–H groups in total. The smallest absolute Gasteiger partial charge is 0.161 e. The summed E-state index contributed by atoms with van der Waals surface area (Å²) in [5, 5.41) is 11.1. The van der Waals surface area contributed by atoms with Crippen molar-refractivity contribution < 1.29 is 26.9 Å². The van der Waals surface area contributed by atoms with Gasteiger partial charge in [-0.1, -0.05) is 13.8 Å². The van der Waals surface area contributed by atoms with Crippen LogP contribution in [0.3, 0.4) is 0 Å². The number of piperidine rings is 1. The highest BCUT2D eigenvalue weighted by Gasteiger charge is 2.38. The highest BCUT2D eigenvalue weighted by molar-refractivity contribution is 5.49. The van der Waals surface area contributed by atoms with Crippen LogP contribution in [0, 0.1) is 11.8 Å². The number of aliphatic hydroxyl groups is 1. The lowest BCUT2D eigenvalue weighted by Crippen LogP contribution is -2.48. The summed E-state index contributed by atoms with van der Waals surface area (Å²) in [7, 11) is -1.53. The summed E-state index contributed by atoms with van der Waals surface area (Å²) in [4.78, 5) is 1.05. The number of hydrogen-bond donors (Lipinski definition) is 1. The van der Waals surface area contributed by atoms with Crippen molar-refractivity contribution in [1.29, 1.82) is 0 Å². The molecule has 23 heavy (non-hydrogen) atoms. The Morgan fingerprint density at radius 3 is 2.91 bits per heavy atom. The fraction of sp³-hybridized carbons (Fsp3) is 0.684. The quantitative estimate of drug-likeness (QED) is 0.922. The molecule has 0 amide bonds. The Morgan fingerprint density at radius 2 is 2.22 bits per heavy atom. The van der Waals surface area contributed by atoms with Gasteiger partial charge in [0.2, 0.25) is 0 Å². The van der Waals surface area contributed by atoms with Gasteiger partial charge >= 0.3 is 0 Å². The minimum atomic E-state index is -2.94. The third kappa shape index (κ3) is 3.20. The first-order chi connectivity index (χ1) is 14.4. The van der Waals surface area contributed by atoms with Gasteiger partial charge in [0.15, 0.2) is 11.5 Å². The van der Waals surface area contributed by atoms with Crippen molar-refractivity contribution in [2.24, 2.45) is 11.8 Å². The summed E-state index contributed by atoms with van der Waals surface area (Å²) >= 11 is 0. The minimum absolute atomic E-state index is 0.0314. The maximum atomic E-state index is 11.1. The predicted octanol–water partition coefficient (Wildman–Crippen LogP) is 3.03. The van der Waals surface area contributed by atoms with E-state index in [0.29, 0.717) is 5.56 Å². The van der Waals surface area contributed by atoms with Gasteiger partial charge in [0.25, 0.3) is 0 Å². The molecule has 4 nitrogen and oxygen atoms in total. The highest BCUT2D eigenvalue weighted by Crippen LogP contribution is 2.43. The molecule has 3 unspecified atom stereocenters. The number of benzene rings is 1. The Kier molecular flexibility index (Phi) is 2.54. The van der Waals surface area contributed by atoms with Crippen LogP contribution < -0.4 is 9.47 Å². The van der Waals surface area contributed by atoms with Crippen LogP contribution in [-0.4, -0.2) is 43.3 Å². The molecule has 0 bridgehead atoms. The maximum absolute atomic E-state index is 11.1. The molecular formula is C19H29NO3. The van der Waals surface area contributed by atoms with Gasteiger partial charge in [0.1, 0.15) is 0 Å². The Hall–Kier alpha value is -1.26. The third-order valence-corrected chi connectivity index (χ3v) is 4.22. The minimum Gasteiger partial charge on any atom is -0.493 e. The van der Waals surface area contributed by atoms with E-state index in [1.807, 2.05) is 0 Å². The molecule has 0 aromatic heterocycles. The second kappa shape index (κ2) is 6.70. The summed E-state index contributed by atoms with van der Waals surface area (Å²) in [6, 6.07) is 0.0819. The summed E-state index contributed by atoms with van der Waals surface area (Å²) in [6.07, 6.45) is -5.59. The Balaban J connectivity index is 2.27. The van der Waals surface area contributed by atoms with Crippen molar-refractivity contribution >= 4 is 0 Å². The number of methoxy groups -OCH3 is 2. The van der Waals surface area contributed by atoms with Gasteiger partial charge in [0.05, 0.1) is 27.1 Å². The largest absolute Gasteiger partial charge is 0.493 e. The Bertz CT molecular complexity index is 888. The molecule has 0 aliphatic carbocycles. The molecule has 2 aliphatic rings. The monoisotopic (exact) mass is 328 g/mol. The molecule has 1 saturated heterocycles. The van der Waals surface area contributed by atoms with Crippen molar-refractivity contribution in [2.45, 2.75) is 45.2 Å². The second-order valence-electron chi connectivity index (χ2n) is 6.33. The third-order valence-electron chi connectivity index (χ3n) is 4.22. The van der Waals surface area contributed by atoms with Gasteiger partial charge < -0.3 is 14.6 Å². The van der Waals surface area contributed by atoms with Crippen molar-refractivity contribution in [3.63, 3.8) is 0 Å². The van der Waals surface area contributed by atoms with E-state index < -0.39 is 37.9 Å². The first kappa shape index (κ1) is 8.72. The molecule has 0 radical (unpaired) electrons. The molecule has 3 rings (SSSR count). The van der Waals surface area contributed by atoms with Gasteiger partial charge in [-0.3, -0.25) is 4.90 Å². The van der Waals surface area contributed by atoms with E-state index in [0.717, 1.165) is 11.0 Å². The number of ether oxygens (including phenoxy) is 2. The molecule has 4 heteroatoms. The van der Waals surface area contributed by atoms with Crippen LogP contribution in [0.4, 0.5) is 0 Å². The highest BCUT2D eigenvalue weighted by atomic mass is 16.5. The van der Waals surface area contributed by atoms with Crippen LogP contribution in [0.5, 0.6) is 11.5 Å². The zero-order chi connectivity index (χ0) is 24.5. The first-order valence-electron chi connectivity index (χ1n) is 12.3. The van der Waals surface area contributed by atoms with Gasteiger partial charge in [-0.05, 0) is 54.3 Å². The average Bonchev–Trinajstić information content (AvgIpc) is 2.63. The summed E-state index contributed by atoms with van der Waals surface area (Å²) in [5.41, 5.74) is 0.370. The summed E-state index contributed by atoms with van der Waals surface area (Å²) in [5.74, 6) is -1.72. The second-order valence-corrected chi connectivity index (χ2v) is 6.33. The van der Waals surface area contributed by atoms with Crippen LogP contribution >= 0.6 is 0 Å². The van der Waals surface area contributed by atoms with Crippen LogP contribution in [0.2, 0.25) is 0 Å². The molecule has 0 spiro atoms. The predicted molar refractivity (Wildman–Crippen MR) is 91.1 cm³/mol. The zero-order valence-electron chi connectivity index (χ0n) is 22.6. The lowest BCUT2D eigenvalue weighted by molar-refractivity contribution is -0.0191. The molecule has 3 atom stereocenters. The fourth-order valence-corrected chi connectivity index (χ4v) is 3.12. The standard InChI is InChI=1S/C19H29NO3/c1-12(2)7-14-11-20-6-5-13-8-18(22-3)19(23-4)9-15(13)16(20)10-17(14)21/h8-9,12,14,16-17,21H,5-7,10-11H2,1-4H3/i4D3,10D2,11D2,16D,17D. The number of fused-ring (bicyclic) bond motifs is 3. The van der Waals surface area contributed by atoms with E-state index in [4.69, 9.17) is 20.4 Å². The summed E-state index contributed by atoms with van der Waals surface area (Å²) < 4.78 is 85.2. The molecule has 1 aromatic carbocycles. The molecule has 2 aliphatic heterocycles. The average molecular weight is 328 g/mol. The van der Waals surface area contributed by atoms with Crippen molar-refractivity contribution in [1.82, 2.24) is 4.90 Å². The van der Waals surface area contributed by atoms with Gasteiger partial charge in [0, 0.05) is 24.5 Å².